The van der Waals surface area contributed by atoms with Gasteiger partial charge in [0, 0.05) is 19.6 Å². The van der Waals surface area contributed by atoms with E-state index in [9.17, 15) is 0 Å². The van der Waals surface area contributed by atoms with Crippen LogP contribution in [0.25, 0.3) is 0 Å². The Morgan fingerprint density at radius 2 is 2.17 bits per heavy atom. The molecule has 1 N–H and O–H groups in total. The van der Waals surface area contributed by atoms with E-state index in [1.165, 1.54) is 25.9 Å². The Labute approximate surface area is 75.6 Å². The molecule has 0 radical (unpaired) electrons. The second kappa shape index (κ2) is 4.83. The quantitative estimate of drug-likeness (QED) is 0.677. The van der Waals surface area contributed by atoms with E-state index in [4.69, 9.17) is 5.11 Å². The third-order valence-corrected chi connectivity index (χ3v) is 2.59. The third-order valence-electron chi connectivity index (χ3n) is 2.59. The summed E-state index contributed by atoms with van der Waals surface area (Å²) in [6.45, 7) is 7.72. The van der Waals surface area contributed by atoms with Gasteiger partial charge in [-0.3, -0.25) is 0 Å². The van der Waals surface area contributed by atoms with Crippen LogP contribution in [0, 0.1) is 5.92 Å². The van der Waals surface area contributed by atoms with Gasteiger partial charge >= 0.3 is 0 Å². The summed E-state index contributed by atoms with van der Waals surface area (Å²) in [5.41, 5.74) is 0. The summed E-state index contributed by atoms with van der Waals surface area (Å²) in [7, 11) is 0. The highest BCUT2D eigenvalue weighted by Gasteiger charge is 2.24. The molecule has 2 nitrogen and oxygen atoms in total. The van der Waals surface area contributed by atoms with E-state index in [0.29, 0.717) is 0 Å². The average Bonchev–Trinajstić information content (AvgIpc) is 1.93. The fourth-order valence-electron chi connectivity index (χ4n) is 1.82. The molecule has 0 saturated carbocycles. The van der Waals surface area contributed by atoms with Crippen molar-refractivity contribution in [3.05, 3.63) is 0 Å². The number of aliphatic hydroxyl groups excluding tert-OH is 1. The zero-order valence-electron chi connectivity index (χ0n) is 8.29. The molecule has 1 heterocycles. The molecule has 0 aromatic rings. The lowest BCUT2D eigenvalue weighted by molar-refractivity contribution is 0.0725. The van der Waals surface area contributed by atoms with Crippen LogP contribution in [0.2, 0.25) is 0 Å². The van der Waals surface area contributed by atoms with Gasteiger partial charge in [-0.1, -0.05) is 13.3 Å². The van der Waals surface area contributed by atoms with Crippen molar-refractivity contribution in [2.24, 2.45) is 5.92 Å². The number of likely N-dealkylation sites (tertiary alicyclic amines) is 1. The molecule has 0 aromatic heterocycles. The lowest BCUT2D eigenvalue weighted by atomic mass is 9.95. The van der Waals surface area contributed by atoms with Gasteiger partial charge in [-0.2, -0.15) is 0 Å². The van der Waals surface area contributed by atoms with Gasteiger partial charge in [-0.15, -0.1) is 0 Å². The van der Waals surface area contributed by atoms with Crippen LogP contribution >= 0.6 is 0 Å². The molecule has 72 valence electrons. The molecule has 1 atom stereocenters. The molecule has 0 spiro atoms. The molecule has 0 bridgehead atoms. The van der Waals surface area contributed by atoms with Gasteiger partial charge in [0.1, 0.15) is 0 Å². The van der Waals surface area contributed by atoms with E-state index < -0.39 is 0 Å². The highest BCUT2D eigenvalue weighted by Crippen LogP contribution is 2.20. The largest absolute Gasteiger partial charge is 0.393 e. The maximum Gasteiger partial charge on any atom is 0.0524 e. The fourth-order valence-corrected chi connectivity index (χ4v) is 1.82. The Bertz CT molecular complexity index is 119. The molecule has 1 unspecified atom stereocenters. The maximum atomic E-state index is 9.06. The SMILES string of the molecule is CCCC1CN(CCC(C)O)C1. The third kappa shape index (κ3) is 3.11. The number of hydrogen-bond acceptors (Lipinski definition) is 2. The first kappa shape index (κ1) is 10.0. The summed E-state index contributed by atoms with van der Waals surface area (Å²) in [5, 5.41) is 9.06. The highest BCUT2D eigenvalue weighted by atomic mass is 16.3. The van der Waals surface area contributed by atoms with Crippen LogP contribution in [0.15, 0.2) is 0 Å². The highest BCUT2D eigenvalue weighted by molar-refractivity contribution is 4.79. The van der Waals surface area contributed by atoms with Gasteiger partial charge in [-0.25, -0.2) is 0 Å². The van der Waals surface area contributed by atoms with Crippen LogP contribution in [0.4, 0.5) is 0 Å². The predicted molar refractivity (Wildman–Crippen MR) is 51.1 cm³/mol. The number of rotatable bonds is 5. The van der Waals surface area contributed by atoms with Crippen LogP contribution in [0.5, 0.6) is 0 Å². The summed E-state index contributed by atoms with van der Waals surface area (Å²) in [6, 6.07) is 0. The first-order valence-electron chi connectivity index (χ1n) is 5.12. The van der Waals surface area contributed by atoms with Crippen molar-refractivity contribution in [3.63, 3.8) is 0 Å². The molecule has 1 rings (SSSR count). The van der Waals surface area contributed by atoms with Gasteiger partial charge in [0.15, 0.2) is 0 Å². The molecular weight excluding hydrogens is 150 g/mol. The number of nitrogens with zero attached hydrogens (tertiary/aromatic N) is 1. The van der Waals surface area contributed by atoms with Gasteiger partial charge in [0.25, 0.3) is 0 Å². The van der Waals surface area contributed by atoms with Crippen molar-refractivity contribution in [3.8, 4) is 0 Å². The van der Waals surface area contributed by atoms with Crippen molar-refractivity contribution in [2.45, 2.75) is 39.2 Å². The van der Waals surface area contributed by atoms with Crippen LogP contribution in [0.3, 0.4) is 0 Å². The first-order valence-corrected chi connectivity index (χ1v) is 5.12. The zero-order valence-corrected chi connectivity index (χ0v) is 8.29. The molecule has 0 amide bonds. The Morgan fingerprint density at radius 1 is 1.50 bits per heavy atom. The summed E-state index contributed by atoms with van der Waals surface area (Å²) >= 11 is 0. The lowest BCUT2D eigenvalue weighted by Crippen LogP contribution is -2.47. The van der Waals surface area contributed by atoms with E-state index in [0.717, 1.165) is 18.9 Å². The Balaban J connectivity index is 1.95. The zero-order chi connectivity index (χ0) is 8.97. The normalized spacial score (nSPS) is 22.2. The van der Waals surface area contributed by atoms with E-state index >= 15 is 0 Å². The minimum absolute atomic E-state index is 0.129. The summed E-state index contributed by atoms with van der Waals surface area (Å²) in [5.74, 6) is 0.948. The summed E-state index contributed by atoms with van der Waals surface area (Å²) < 4.78 is 0. The molecule has 1 saturated heterocycles. The van der Waals surface area contributed by atoms with Gasteiger partial charge in [0.05, 0.1) is 6.10 Å². The second-order valence-electron chi connectivity index (χ2n) is 4.05. The summed E-state index contributed by atoms with van der Waals surface area (Å²) in [4.78, 5) is 2.44. The van der Waals surface area contributed by atoms with Crippen LogP contribution in [-0.2, 0) is 0 Å². The molecule has 1 aliphatic heterocycles. The van der Waals surface area contributed by atoms with Crippen molar-refractivity contribution in [1.29, 1.82) is 0 Å². The summed E-state index contributed by atoms with van der Waals surface area (Å²) in [6.07, 6.45) is 3.49. The minimum atomic E-state index is -0.129. The van der Waals surface area contributed by atoms with Crippen LogP contribution in [-0.4, -0.2) is 35.7 Å². The molecule has 0 aromatic carbocycles. The van der Waals surface area contributed by atoms with Crippen LogP contribution in [0.1, 0.15) is 33.1 Å². The van der Waals surface area contributed by atoms with E-state index in [2.05, 4.69) is 11.8 Å². The number of aliphatic hydroxyl groups is 1. The van der Waals surface area contributed by atoms with Crippen molar-refractivity contribution in [1.82, 2.24) is 4.90 Å². The molecule has 1 fully saturated rings. The van der Waals surface area contributed by atoms with Gasteiger partial charge in [-0.05, 0) is 25.7 Å². The predicted octanol–water partition coefficient (Wildman–Crippen LogP) is 1.49. The van der Waals surface area contributed by atoms with Crippen molar-refractivity contribution in [2.75, 3.05) is 19.6 Å². The second-order valence-corrected chi connectivity index (χ2v) is 4.05. The fraction of sp³-hybridized carbons (Fsp3) is 1.00. The van der Waals surface area contributed by atoms with Crippen molar-refractivity contribution < 1.29 is 5.11 Å². The van der Waals surface area contributed by atoms with Gasteiger partial charge in [0.2, 0.25) is 0 Å². The van der Waals surface area contributed by atoms with E-state index in [1.807, 2.05) is 6.92 Å². The average molecular weight is 171 g/mol. The Kier molecular flexibility index (Phi) is 4.02. The van der Waals surface area contributed by atoms with E-state index in [1.54, 1.807) is 0 Å². The van der Waals surface area contributed by atoms with E-state index in [-0.39, 0.29) is 6.10 Å². The molecule has 12 heavy (non-hydrogen) atoms. The maximum absolute atomic E-state index is 9.06. The molecule has 0 aliphatic carbocycles. The monoisotopic (exact) mass is 171 g/mol. The molecule has 1 aliphatic rings. The van der Waals surface area contributed by atoms with Gasteiger partial charge < -0.3 is 10.0 Å². The Morgan fingerprint density at radius 3 is 2.67 bits per heavy atom. The van der Waals surface area contributed by atoms with Crippen LogP contribution < -0.4 is 0 Å². The Hall–Kier alpha value is -0.0800. The minimum Gasteiger partial charge on any atom is -0.393 e. The molecule has 2 heteroatoms. The lowest BCUT2D eigenvalue weighted by Gasteiger charge is -2.39. The smallest absolute Gasteiger partial charge is 0.0524 e. The number of hydrogen-bond donors (Lipinski definition) is 1. The first-order chi connectivity index (χ1) is 5.72. The standard InChI is InChI=1S/C10H21NO/c1-3-4-10-7-11(8-10)6-5-9(2)12/h9-10,12H,3-8H2,1-2H3. The molecular formula is C10H21NO. The van der Waals surface area contributed by atoms with Crippen molar-refractivity contribution >= 4 is 0 Å². The topological polar surface area (TPSA) is 23.5 Å².